The molecule has 10 heteroatoms. The van der Waals surface area contributed by atoms with Gasteiger partial charge in [-0.3, -0.25) is 14.4 Å². The predicted octanol–water partition coefficient (Wildman–Crippen LogP) is 4.21. The van der Waals surface area contributed by atoms with Crippen LogP contribution >= 0.6 is 15.9 Å². The number of nitrogens with zero attached hydrogens (tertiary/aromatic N) is 2. The van der Waals surface area contributed by atoms with Gasteiger partial charge in [-0.25, -0.2) is 13.3 Å². The van der Waals surface area contributed by atoms with E-state index in [0.717, 1.165) is 14.8 Å². The molecule has 1 aliphatic heterocycles. The Morgan fingerprint density at radius 3 is 2.19 bits per heavy atom. The molecule has 0 spiro atoms. The number of amides is 2. The quantitative estimate of drug-likeness (QED) is 0.239. The second-order valence-electron chi connectivity index (χ2n) is 8.36. The van der Waals surface area contributed by atoms with E-state index < -0.39 is 33.8 Å². The molecule has 1 aliphatic rings. The number of imide groups is 1. The molecule has 0 N–H and O–H groups in total. The number of carbonyl (C=O) groups is 3. The third kappa shape index (κ3) is 5.40. The minimum atomic E-state index is -4.14. The summed E-state index contributed by atoms with van der Waals surface area (Å²) in [6.45, 7) is 3.10. The Morgan fingerprint density at radius 2 is 1.61 bits per heavy atom. The number of rotatable bonds is 7. The van der Waals surface area contributed by atoms with Gasteiger partial charge in [0.1, 0.15) is 11.8 Å². The number of sulfonamides is 1. The lowest BCUT2D eigenvalue weighted by Gasteiger charge is -2.27. The van der Waals surface area contributed by atoms with E-state index in [4.69, 9.17) is 4.74 Å². The van der Waals surface area contributed by atoms with E-state index in [1.54, 1.807) is 24.3 Å². The molecule has 0 bridgehead atoms. The SMILES string of the molecule is CC(=O)Oc1ccc(N2C(=O)CC(N(Cc3ccc(C)cc3)S(=O)(=O)c3ccc(Br)cc3)C2=O)cc1. The molecule has 1 atom stereocenters. The first-order valence-corrected chi connectivity index (χ1v) is 13.3. The molecule has 1 fully saturated rings. The molecule has 3 aromatic carbocycles. The molecular weight excluding hydrogens is 548 g/mol. The van der Waals surface area contributed by atoms with E-state index in [1.165, 1.54) is 43.3 Å². The fraction of sp³-hybridized carbons (Fsp3) is 0.192. The molecule has 3 aromatic rings. The van der Waals surface area contributed by atoms with Crippen LogP contribution in [0.4, 0.5) is 5.69 Å². The topological polar surface area (TPSA) is 101 Å². The van der Waals surface area contributed by atoms with Crippen molar-refractivity contribution in [2.24, 2.45) is 0 Å². The normalized spacial score (nSPS) is 16.0. The summed E-state index contributed by atoms with van der Waals surface area (Å²) in [5.74, 6) is -1.40. The van der Waals surface area contributed by atoms with Crippen LogP contribution in [0.2, 0.25) is 0 Å². The summed E-state index contributed by atoms with van der Waals surface area (Å²) in [6, 6.07) is 18.1. The van der Waals surface area contributed by atoms with Crippen molar-refractivity contribution in [2.75, 3.05) is 4.90 Å². The molecule has 36 heavy (non-hydrogen) atoms. The van der Waals surface area contributed by atoms with Crippen molar-refractivity contribution in [3.8, 4) is 5.75 Å². The molecular formula is C26H23BrN2O6S. The average Bonchev–Trinajstić information content (AvgIpc) is 3.12. The van der Waals surface area contributed by atoms with Gasteiger partial charge in [0.2, 0.25) is 15.9 Å². The maximum atomic E-state index is 13.7. The molecule has 1 unspecified atom stereocenters. The number of carbonyl (C=O) groups excluding carboxylic acids is 3. The van der Waals surface area contributed by atoms with Gasteiger partial charge in [0.05, 0.1) is 17.0 Å². The number of esters is 1. The van der Waals surface area contributed by atoms with E-state index in [-0.39, 0.29) is 29.3 Å². The predicted molar refractivity (Wildman–Crippen MR) is 137 cm³/mol. The number of benzene rings is 3. The van der Waals surface area contributed by atoms with Crippen molar-refractivity contribution in [3.05, 3.63) is 88.4 Å². The largest absolute Gasteiger partial charge is 0.427 e. The van der Waals surface area contributed by atoms with Crippen LogP contribution in [-0.4, -0.2) is 36.5 Å². The fourth-order valence-corrected chi connectivity index (χ4v) is 5.75. The summed E-state index contributed by atoms with van der Waals surface area (Å²) < 4.78 is 34.3. The van der Waals surface area contributed by atoms with Crippen molar-refractivity contribution in [2.45, 2.75) is 37.8 Å². The Bertz CT molecular complexity index is 1400. The molecule has 4 rings (SSSR count). The van der Waals surface area contributed by atoms with Gasteiger partial charge in [0.25, 0.3) is 5.91 Å². The zero-order chi connectivity index (χ0) is 26.0. The van der Waals surface area contributed by atoms with Crippen molar-refractivity contribution in [1.82, 2.24) is 4.31 Å². The van der Waals surface area contributed by atoms with Crippen LogP contribution in [0.3, 0.4) is 0 Å². The van der Waals surface area contributed by atoms with Crippen LogP contribution in [-0.2, 0) is 31.0 Å². The molecule has 186 valence electrons. The second kappa shape index (κ2) is 10.3. The standard InChI is InChI=1S/C26H23BrN2O6S/c1-17-3-5-19(6-4-17)16-28(36(33,34)23-13-7-20(27)8-14-23)24-15-25(31)29(26(24)32)21-9-11-22(12-10-21)35-18(2)30/h3-14,24H,15-16H2,1-2H3. The van der Waals surface area contributed by atoms with Crippen LogP contribution in [0.1, 0.15) is 24.5 Å². The highest BCUT2D eigenvalue weighted by Crippen LogP contribution is 2.32. The van der Waals surface area contributed by atoms with E-state index in [2.05, 4.69) is 15.9 Å². The van der Waals surface area contributed by atoms with Gasteiger partial charge < -0.3 is 4.74 Å². The van der Waals surface area contributed by atoms with Crippen molar-refractivity contribution >= 4 is 49.4 Å². The van der Waals surface area contributed by atoms with E-state index in [9.17, 15) is 22.8 Å². The van der Waals surface area contributed by atoms with Gasteiger partial charge in [-0.15, -0.1) is 0 Å². The molecule has 2 amide bonds. The van der Waals surface area contributed by atoms with Crippen molar-refractivity contribution in [1.29, 1.82) is 0 Å². The number of hydrogen-bond donors (Lipinski definition) is 0. The minimum Gasteiger partial charge on any atom is -0.427 e. The molecule has 1 heterocycles. The maximum Gasteiger partial charge on any atom is 0.308 e. The van der Waals surface area contributed by atoms with Crippen LogP contribution in [0.15, 0.2) is 82.2 Å². The van der Waals surface area contributed by atoms with E-state index in [1.807, 2.05) is 19.1 Å². The number of halogens is 1. The number of anilines is 1. The summed E-state index contributed by atoms with van der Waals surface area (Å²) in [5.41, 5.74) is 1.96. The summed E-state index contributed by atoms with van der Waals surface area (Å²) in [4.78, 5) is 38.6. The molecule has 0 aliphatic carbocycles. The van der Waals surface area contributed by atoms with Crippen LogP contribution < -0.4 is 9.64 Å². The van der Waals surface area contributed by atoms with Gasteiger partial charge in [-0.2, -0.15) is 4.31 Å². The third-order valence-corrected chi connectivity index (χ3v) is 8.10. The van der Waals surface area contributed by atoms with Gasteiger partial charge in [-0.05, 0) is 61.0 Å². The van der Waals surface area contributed by atoms with Crippen molar-refractivity contribution < 1.29 is 27.5 Å². The summed E-state index contributed by atoms with van der Waals surface area (Å²) in [6.07, 6.45) is -0.299. The first-order chi connectivity index (χ1) is 17.1. The summed E-state index contributed by atoms with van der Waals surface area (Å²) in [5, 5.41) is 0. The second-order valence-corrected chi connectivity index (χ2v) is 11.2. The Hall–Kier alpha value is -3.34. The Kier molecular flexibility index (Phi) is 7.39. The van der Waals surface area contributed by atoms with E-state index in [0.29, 0.717) is 10.0 Å². The van der Waals surface area contributed by atoms with Gasteiger partial charge in [0, 0.05) is 17.9 Å². The highest BCUT2D eigenvalue weighted by atomic mass is 79.9. The first kappa shape index (κ1) is 25.7. The minimum absolute atomic E-state index is 0.0160. The summed E-state index contributed by atoms with van der Waals surface area (Å²) >= 11 is 3.30. The van der Waals surface area contributed by atoms with Gasteiger partial charge >= 0.3 is 5.97 Å². The number of aryl methyl sites for hydroxylation is 1. The molecule has 0 aromatic heterocycles. The lowest BCUT2D eigenvalue weighted by molar-refractivity contribution is -0.132. The Morgan fingerprint density at radius 1 is 1.00 bits per heavy atom. The summed E-state index contributed by atoms with van der Waals surface area (Å²) in [7, 11) is -4.14. The first-order valence-electron chi connectivity index (χ1n) is 11.0. The fourth-order valence-electron chi connectivity index (χ4n) is 3.92. The van der Waals surface area contributed by atoms with Gasteiger partial charge in [-0.1, -0.05) is 45.8 Å². The number of hydrogen-bond acceptors (Lipinski definition) is 6. The highest BCUT2D eigenvalue weighted by molar-refractivity contribution is 9.10. The van der Waals surface area contributed by atoms with Crippen molar-refractivity contribution in [3.63, 3.8) is 0 Å². The molecule has 0 radical (unpaired) electrons. The van der Waals surface area contributed by atoms with Gasteiger partial charge in [0.15, 0.2) is 0 Å². The zero-order valence-corrected chi connectivity index (χ0v) is 22.0. The smallest absolute Gasteiger partial charge is 0.308 e. The van der Waals surface area contributed by atoms with Crippen LogP contribution in [0.25, 0.3) is 0 Å². The lowest BCUT2D eigenvalue weighted by Crippen LogP contribution is -2.45. The molecule has 8 nitrogen and oxygen atoms in total. The Labute approximate surface area is 217 Å². The zero-order valence-electron chi connectivity index (χ0n) is 19.5. The van der Waals surface area contributed by atoms with Crippen LogP contribution in [0, 0.1) is 6.92 Å². The molecule has 1 saturated heterocycles. The molecule has 0 saturated carbocycles. The number of ether oxygens (including phenoxy) is 1. The van der Waals surface area contributed by atoms with E-state index >= 15 is 0 Å². The average molecular weight is 571 g/mol. The maximum absolute atomic E-state index is 13.7. The Balaban J connectivity index is 1.70. The lowest BCUT2D eigenvalue weighted by atomic mass is 10.1. The monoisotopic (exact) mass is 570 g/mol. The third-order valence-electron chi connectivity index (χ3n) is 5.71. The van der Waals surface area contributed by atoms with Crippen LogP contribution in [0.5, 0.6) is 5.75 Å². The highest BCUT2D eigenvalue weighted by Gasteiger charge is 2.47.